The number of rotatable bonds is 4. The Labute approximate surface area is 118 Å². The first-order valence-electron chi connectivity index (χ1n) is 6.23. The quantitative estimate of drug-likeness (QED) is 0.921. The Kier molecular flexibility index (Phi) is 4.32. The summed E-state index contributed by atoms with van der Waals surface area (Å²) in [6.07, 6.45) is 1.59. The molecule has 0 atom stereocenters. The van der Waals surface area contributed by atoms with Crippen molar-refractivity contribution in [2.75, 3.05) is 19.1 Å². The van der Waals surface area contributed by atoms with Gasteiger partial charge in [-0.15, -0.1) is 0 Å². The molecule has 1 amide bonds. The van der Waals surface area contributed by atoms with Crippen molar-refractivity contribution in [2.45, 2.75) is 6.54 Å². The van der Waals surface area contributed by atoms with Crippen LogP contribution in [0.25, 0.3) is 0 Å². The van der Waals surface area contributed by atoms with Crippen LogP contribution in [-0.4, -0.2) is 25.0 Å². The van der Waals surface area contributed by atoms with Crippen LogP contribution in [-0.2, 0) is 6.54 Å². The molecule has 0 radical (unpaired) electrons. The Balaban J connectivity index is 2.27. The number of nitrogens with two attached hydrogens (primary N) is 1. The van der Waals surface area contributed by atoms with Gasteiger partial charge in [0.05, 0.1) is 7.11 Å². The van der Waals surface area contributed by atoms with E-state index in [1.807, 2.05) is 24.3 Å². The summed E-state index contributed by atoms with van der Waals surface area (Å²) < 4.78 is 5.11. The Morgan fingerprint density at radius 2 is 2.00 bits per heavy atom. The summed E-state index contributed by atoms with van der Waals surface area (Å²) >= 11 is 0. The molecule has 0 bridgehead atoms. The highest BCUT2D eigenvalue weighted by Gasteiger charge is 2.18. The lowest BCUT2D eigenvalue weighted by molar-refractivity contribution is 0.0989. The molecule has 2 rings (SSSR count). The lowest BCUT2D eigenvalue weighted by atomic mass is 10.2. The fraction of sp³-hybridized carbons (Fsp3) is 0.200. The number of benzene rings is 1. The molecule has 0 fully saturated rings. The highest BCUT2D eigenvalue weighted by molar-refractivity contribution is 6.07. The maximum Gasteiger partial charge on any atom is 0.263 e. The highest BCUT2D eigenvalue weighted by atomic mass is 16.5. The molecule has 5 heteroatoms. The van der Waals surface area contributed by atoms with Gasteiger partial charge in [0.1, 0.15) is 5.56 Å². The van der Waals surface area contributed by atoms with Gasteiger partial charge in [0.25, 0.3) is 5.91 Å². The van der Waals surface area contributed by atoms with Gasteiger partial charge in [-0.3, -0.25) is 4.79 Å². The number of anilines is 1. The van der Waals surface area contributed by atoms with E-state index in [-0.39, 0.29) is 5.91 Å². The van der Waals surface area contributed by atoms with Gasteiger partial charge in [-0.2, -0.15) is 0 Å². The number of ether oxygens (including phenoxy) is 1. The number of aromatic nitrogens is 1. The maximum absolute atomic E-state index is 12.5. The van der Waals surface area contributed by atoms with E-state index in [9.17, 15) is 4.79 Å². The molecule has 0 aliphatic heterocycles. The van der Waals surface area contributed by atoms with Gasteiger partial charge < -0.3 is 15.4 Å². The van der Waals surface area contributed by atoms with Crippen LogP contribution in [0, 0.1) is 0 Å². The van der Waals surface area contributed by atoms with Crippen molar-refractivity contribution in [1.29, 1.82) is 0 Å². The molecular weight excluding hydrogens is 254 g/mol. The molecular formula is C15H17N3O2. The Hall–Kier alpha value is -2.40. The van der Waals surface area contributed by atoms with Crippen molar-refractivity contribution in [3.05, 3.63) is 53.7 Å². The van der Waals surface area contributed by atoms with E-state index >= 15 is 0 Å². The van der Waals surface area contributed by atoms with Crippen molar-refractivity contribution < 1.29 is 9.53 Å². The molecule has 0 unspecified atom stereocenters. The number of carbonyl (C=O) groups is 1. The third kappa shape index (κ3) is 2.78. The van der Waals surface area contributed by atoms with Crippen LogP contribution in [0.3, 0.4) is 0 Å². The smallest absolute Gasteiger partial charge is 0.263 e. The molecule has 2 aromatic rings. The van der Waals surface area contributed by atoms with E-state index in [1.165, 1.54) is 7.11 Å². The zero-order valence-corrected chi connectivity index (χ0v) is 11.5. The second-order valence-electron chi connectivity index (χ2n) is 4.29. The number of hydrogen-bond acceptors (Lipinski definition) is 4. The van der Waals surface area contributed by atoms with Gasteiger partial charge in [-0.05, 0) is 29.8 Å². The lowest BCUT2D eigenvalue weighted by Crippen LogP contribution is -2.26. The number of pyridine rings is 1. The zero-order valence-electron chi connectivity index (χ0n) is 11.5. The number of hydrogen-bond donors (Lipinski definition) is 1. The van der Waals surface area contributed by atoms with E-state index in [4.69, 9.17) is 10.5 Å². The molecule has 1 aromatic heterocycles. The molecule has 0 aliphatic rings. The molecule has 5 nitrogen and oxygen atoms in total. The first-order chi connectivity index (χ1) is 9.67. The summed E-state index contributed by atoms with van der Waals surface area (Å²) in [6, 6.07) is 10.9. The van der Waals surface area contributed by atoms with Crippen molar-refractivity contribution in [3.63, 3.8) is 0 Å². The van der Waals surface area contributed by atoms with Crippen molar-refractivity contribution in [1.82, 2.24) is 4.98 Å². The molecule has 0 saturated carbocycles. The number of nitrogens with zero attached hydrogens (tertiary/aromatic N) is 2. The molecule has 20 heavy (non-hydrogen) atoms. The van der Waals surface area contributed by atoms with Crippen LogP contribution in [0.4, 0.5) is 5.69 Å². The Morgan fingerprint density at radius 1 is 1.30 bits per heavy atom. The first kappa shape index (κ1) is 14.0. The minimum atomic E-state index is -0.171. The predicted molar refractivity (Wildman–Crippen MR) is 77.9 cm³/mol. The topological polar surface area (TPSA) is 68.5 Å². The van der Waals surface area contributed by atoms with Crippen LogP contribution in [0.15, 0.2) is 42.6 Å². The van der Waals surface area contributed by atoms with Crippen LogP contribution < -0.4 is 15.4 Å². The van der Waals surface area contributed by atoms with E-state index in [0.29, 0.717) is 18.0 Å². The molecule has 0 aliphatic carbocycles. The van der Waals surface area contributed by atoms with Gasteiger partial charge in [-0.25, -0.2) is 4.98 Å². The van der Waals surface area contributed by atoms with E-state index in [1.54, 1.807) is 30.3 Å². The van der Waals surface area contributed by atoms with E-state index in [2.05, 4.69) is 4.98 Å². The largest absolute Gasteiger partial charge is 0.480 e. The number of carbonyl (C=O) groups excluding carboxylic acids is 1. The fourth-order valence-corrected chi connectivity index (χ4v) is 1.87. The standard InChI is InChI=1S/C15H17N3O2/c1-18(12-7-5-11(10-16)6-8-12)15(19)13-4-3-9-17-14(13)20-2/h3-9H,10,16H2,1-2H3. The van der Waals surface area contributed by atoms with Gasteiger partial charge in [0, 0.05) is 25.5 Å². The molecule has 2 N–H and O–H groups in total. The normalized spacial score (nSPS) is 10.2. The van der Waals surface area contributed by atoms with Gasteiger partial charge in [0.2, 0.25) is 5.88 Å². The van der Waals surface area contributed by atoms with E-state index in [0.717, 1.165) is 11.3 Å². The summed E-state index contributed by atoms with van der Waals surface area (Å²) in [5, 5.41) is 0. The Bertz CT molecular complexity index is 596. The maximum atomic E-state index is 12.5. The Morgan fingerprint density at radius 3 is 2.60 bits per heavy atom. The second kappa shape index (κ2) is 6.16. The van der Waals surface area contributed by atoms with Crippen LogP contribution >= 0.6 is 0 Å². The van der Waals surface area contributed by atoms with Crippen LogP contribution in [0.1, 0.15) is 15.9 Å². The average Bonchev–Trinajstić information content (AvgIpc) is 2.53. The van der Waals surface area contributed by atoms with E-state index < -0.39 is 0 Å². The molecule has 1 heterocycles. The van der Waals surface area contributed by atoms with Crippen molar-refractivity contribution in [3.8, 4) is 5.88 Å². The third-order valence-corrected chi connectivity index (χ3v) is 3.06. The van der Waals surface area contributed by atoms with Crippen molar-refractivity contribution >= 4 is 11.6 Å². The SMILES string of the molecule is COc1ncccc1C(=O)N(C)c1ccc(CN)cc1. The van der Waals surface area contributed by atoms with Gasteiger partial charge in [-0.1, -0.05) is 12.1 Å². The molecule has 104 valence electrons. The second-order valence-corrected chi connectivity index (χ2v) is 4.29. The molecule has 1 aromatic carbocycles. The van der Waals surface area contributed by atoms with Gasteiger partial charge >= 0.3 is 0 Å². The zero-order chi connectivity index (χ0) is 14.5. The van der Waals surface area contributed by atoms with Crippen LogP contribution in [0.2, 0.25) is 0 Å². The van der Waals surface area contributed by atoms with Crippen molar-refractivity contribution in [2.24, 2.45) is 5.73 Å². The summed E-state index contributed by atoms with van der Waals surface area (Å²) in [4.78, 5) is 18.1. The summed E-state index contributed by atoms with van der Waals surface area (Å²) in [7, 11) is 3.21. The highest BCUT2D eigenvalue weighted by Crippen LogP contribution is 2.20. The number of amides is 1. The molecule has 0 saturated heterocycles. The summed E-state index contributed by atoms with van der Waals surface area (Å²) in [5.41, 5.74) is 7.80. The minimum absolute atomic E-state index is 0.171. The summed E-state index contributed by atoms with van der Waals surface area (Å²) in [6.45, 7) is 0.481. The summed E-state index contributed by atoms with van der Waals surface area (Å²) in [5.74, 6) is 0.151. The predicted octanol–water partition coefficient (Wildman–Crippen LogP) is 1.83. The third-order valence-electron chi connectivity index (χ3n) is 3.06. The number of methoxy groups -OCH3 is 1. The monoisotopic (exact) mass is 271 g/mol. The van der Waals surface area contributed by atoms with Gasteiger partial charge in [0.15, 0.2) is 0 Å². The first-order valence-corrected chi connectivity index (χ1v) is 6.23. The van der Waals surface area contributed by atoms with Crippen LogP contribution in [0.5, 0.6) is 5.88 Å². The average molecular weight is 271 g/mol. The minimum Gasteiger partial charge on any atom is -0.480 e. The fourth-order valence-electron chi connectivity index (χ4n) is 1.87. The molecule has 0 spiro atoms. The lowest BCUT2D eigenvalue weighted by Gasteiger charge is -2.18.